The van der Waals surface area contributed by atoms with Crippen LogP contribution in [0.4, 0.5) is 0 Å². The van der Waals surface area contributed by atoms with Crippen molar-refractivity contribution in [2.75, 3.05) is 14.2 Å². The molecule has 26 heavy (non-hydrogen) atoms. The number of aromatic nitrogens is 2. The highest BCUT2D eigenvalue weighted by atomic mass is 16.5. The highest BCUT2D eigenvalue weighted by Crippen LogP contribution is 2.25. The van der Waals surface area contributed by atoms with Gasteiger partial charge < -0.3 is 9.47 Å². The number of aryl methyl sites for hydroxylation is 1. The molecule has 1 heterocycles. The first-order chi connectivity index (χ1) is 12.6. The predicted molar refractivity (Wildman–Crippen MR) is 99.3 cm³/mol. The van der Waals surface area contributed by atoms with Gasteiger partial charge in [-0.15, -0.1) is 0 Å². The second-order valence-corrected chi connectivity index (χ2v) is 5.87. The number of nitriles is 1. The molecule has 0 bridgehead atoms. The third-order valence-corrected chi connectivity index (χ3v) is 4.16. The van der Waals surface area contributed by atoms with Crippen LogP contribution < -0.4 is 9.47 Å². The van der Waals surface area contributed by atoms with Gasteiger partial charge in [-0.1, -0.05) is 12.1 Å². The van der Waals surface area contributed by atoms with Crippen molar-refractivity contribution in [1.29, 1.82) is 5.26 Å². The summed E-state index contributed by atoms with van der Waals surface area (Å²) in [5, 5.41) is 9.27. The van der Waals surface area contributed by atoms with E-state index in [9.17, 15) is 5.26 Å². The minimum atomic E-state index is 0.480. The van der Waals surface area contributed by atoms with Crippen LogP contribution in [0, 0.1) is 18.3 Å². The van der Waals surface area contributed by atoms with E-state index in [1.165, 1.54) is 0 Å². The molecule has 0 amide bonds. The van der Waals surface area contributed by atoms with Crippen LogP contribution in [0.25, 0.3) is 11.3 Å². The summed E-state index contributed by atoms with van der Waals surface area (Å²) in [5.41, 5.74) is 4.28. The average Bonchev–Trinajstić information content (AvgIpc) is 2.69. The lowest BCUT2D eigenvalue weighted by atomic mass is 10.1. The van der Waals surface area contributed by atoms with Gasteiger partial charge in [0, 0.05) is 18.2 Å². The van der Waals surface area contributed by atoms with Crippen molar-refractivity contribution in [1.82, 2.24) is 9.97 Å². The summed E-state index contributed by atoms with van der Waals surface area (Å²) in [6.07, 6.45) is 2.34. The summed E-state index contributed by atoms with van der Waals surface area (Å²) >= 11 is 0. The second-order valence-electron chi connectivity index (χ2n) is 5.87. The molecule has 0 fully saturated rings. The first kappa shape index (κ1) is 17.4. The monoisotopic (exact) mass is 345 g/mol. The van der Waals surface area contributed by atoms with Crippen LogP contribution >= 0.6 is 0 Å². The summed E-state index contributed by atoms with van der Waals surface area (Å²) in [5.74, 6) is 2.12. The summed E-state index contributed by atoms with van der Waals surface area (Å²) in [4.78, 5) is 9.02. The fourth-order valence-electron chi connectivity index (χ4n) is 2.76. The zero-order valence-corrected chi connectivity index (χ0v) is 15.0. The van der Waals surface area contributed by atoms with Crippen LogP contribution in [0.3, 0.4) is 0 Å². The lowest BCUT2D eigenvalue weighted by Gasteiger charge is -2.09. The Morgan fingerprint density at radius 3 is 2.54 bits per heavy atom. The molecule has 0 unspecified atom stereocenters. The van der Waals surface area contributed by atoms with Crippen molar-refractivity contribution < 1.29 is 9.47 Å². The smallest absolute Gasteiger partial charge is 0.136 e. The van der Waals surface area contributed by atoms with Crippen molar-refractivity contribution >= 4 is 0 Å². The Balaban J connectivity index is 1.90. The van der Waals surface area contributed by atoms with Gasteiger partial charge in [0.25, 0.3) is 0 Å². The summed E-state index contributed by atoms with van der Waals surface area (Å²) in [6.45, 7) is 2.01. The van der Waals surface area contributed by atoms with Gasteiger partial charge in [0.15, 0.2) is 0 Å². The Morgan fingerprint density at radius 2 is 1.81 bits per heavy atom. The van der Waals surface area contributed by atoms with E-state index in [0.29, 0.717) is 23.6 Å². The van der Waals surface area contributed by atoms with Crippen LogP contribution in [-0.2, 0) is 6.42 Å². The van der Waals surface area contributed by atoms with Crippen molar-refractivity contribution in [3.05, 3.63) is 71.2 Å². The molecule has 5 heteroatoms. The summed E-state index contributed by atoms with van der Waals surface area (Å²) in [6, 6.07) is 15.5. The molecule has 0 aliphatic carbocycles. The maximum Gasteiger partial charge on any atom is 0.136 e. The van der Waals surface area contributed by atoms with E-state index in [1.807, 2.05) is 31.2 Å². The lowest BCUT2D eigenvalue weighted by Crippen LogP contribution is -1.99. The highest BCUT2D eigenvalue weighted by molar-refractivity contribution is 5.64. The third-order valence-electron chi connectivity index (χ3n) is 4.16. The number of ether oxygens (including phenoxy) is 2. The Hall–Kier alpha value is -3.39. The topological polar surface area (TPSA) is 68.0 Å². The third kappa shape index (κ3) is 3.65. The minimum Gasteiger partial charge on any atom is -0.496 e. The fraction of sp³-hybridized carbons (Fsp3) is 0.190. The molecule has 3 aromatic rings. The average molecular weight is 345 g/mol. The van der Waals surface area contributed by atoms with Gasteiger partial charge in [-0.25, -0.2) is 9.97 Å². The number of nitrogens with zero attached hydrogens (tertiary/aromatic N) is 3. The fourth-order valence-corrected chi connectivity index (χ4v) is 2.76. The molecule has 0 saturated heterocycles. The van der Waals surface area contributed by atoms with Crippen LogP contribution in [0.2, 0.25) is 0 Å². The zero-order chi connectivity index (χ0) is 18.5. The molecule has 0 aliphatic heterocycles. The normalized spacial score (nSPS) is 10.2. The Bertz CT molecular complexity index is 977. The first-order valence-electron chi connectivity index (χ1n) is 8.18. The van der Waals surface area contributed by atoms with Crippen molar-refractivity contribution in [2.45, 2.75) is 13.3 Å². The Morgan fingerprint density at radius 1 is 1.00 bits per heavy atom. The SMILES string of the molecule is COc1cc(Cc2nccc(-c3ccc(OC)c(C#N)c3)n2)ccc1C. The molecule has 2 aromatic carbocycles. The van der Waals surface area contributed by atoms with Gasteiger partial charge in [0.2, 0.25) is 0 Å². The molecule has 0 aliphatic rings. The molecule has 0 spiro atoms. The molecule has 1 aromatic heterocycles. The molecule has 5 nitrogen and oxygen atoms in total. The summed E-state index contributed by atoms with van der Waals surface area (Å²) < 4.78 is 10.6. The predicted octanol–water partition coefficient (Wildman–Crippen LogP) is 3.93. The van der Waals surface area contributed by atoms with Gasteiger partial charge in [0.05, 0.1) is 25.5 Å². The number of rotatable bonds is 5. The zero-order valence-electron chi connectivity index (χ0n) is 15.0. The Kier molecular flexibility index (Phi) is 5.14. The van der Waals surface area contributed by atoms with Crippen LogP contribution in [0.15, 0.2) is 48.7 Å². The molecule has 0 atom stereocenters. The van der Waals surface area contributed by atoms with Crippen LogP contribution in [-0.4, -0.2) is 24.2 Å². The van der Waals surface area contributed by atoms with E-state index in [0.717, 1.165) is 28.1 Å². The molecule has 0 radical (unpaired) electrons. The van der Waals surface area contributed by atoms with Gasteiger partial charge in [-0.2, -0.15) is 5.26 Å². The molecule has 3 rings (SSSR count). The minimum absolute atomic E-state index is 0.480. The Labute approximate surface area is 152 Å². The van der Waals surface area contributed by atoms with Crippen molar-refractivity contribution in [3.63, 3.8) is 0 Å². The summed E-state index contributed by atoms with van der Waals surface area (Å²) in [7, 11) is 3.22. The van der Waals surface area contributed by atoms with E-state index in [1.54, 1.807) is 32.5 Å². The van der Waals surface area contributed by atoms with Crippen LogP contribution in [0.5, 0.6) is 11.5 Å². The molecule has 0 N–H and O–H groups in total. The lowest BCUT2D eigenvalue weighted by molar-refractivity contribution is 0.411. The van der Waals surface area contributed by atoms with Crippen molar-refractivity contribution in [3.8, 4) is 28.8 Å². The first-order valence-corrected chi connectivity index (χ1v) is 8.18. The number of benzene rings is 2. The van der Waals surface area contributed by atoms with Gasteiger partial charge in [-0.3, -0.25) is 0 Å². The van der Waals surface area contributed by atoms with E-state index in [2.05, 4.69) is 22.1 Å². The standard InChI is InChI=1S/C21H19N3O2/c1-14-4-5-15(10-20(14)26-3)11-21-23-9-8-18(24-21)16-6-7-19(25-2)17(12-16)13-22/h4-10,12H,11H2,1-3H3. The van der Waals surface area contributed by atoms with Crippen LogP contribution in [0.1, 0.15) is 22.5 Å². The van der Waals surface area contributed by atoms with Crippen molar-refractivity contribution in [2.24, 2.45) is 0 Å². The van der Waals surface area contributed by atoms with E-state index >= 15 is 0 Å². The maximum atomic E-state index is 9.27. The van der Waals surface area contributed by atoms with E-state index in [-0.39, 0.29) is 0 Å². The highest BCUT2D eigenvalue weighted by Gasteiger charge is 2.09. The van der Waals surface area contributed by atoms with Gasteiger partial charge in [0.1, 0.15) is 23.4 Å². The number of hydrogen-bond donors (Lipinski definition) is 0. The van der Waals surface area contributed by atoms with E-state index < -0.39 is 0 Å². The molecule has 0 saturated carbocycles. The van der Waals surface area contributed by atoms with E-state index in [4.69, 9.17) is 9.47 Å². The second kappa shape index (κ2) is 7.66. The molecular weight excluding hydrogens is 326 g/mol. The van der Waals surface area contributed by atoms with Gasteiger partial charge >= 0.3 is 0 Å². The number of methoxy groups -OCH3 is 2. The van der Waals surface area contributed by atoms with Gasteiger partial charge in [-0.05, 0) is 48.4 Å². The molecule has 130 valence electrons. The maximum absolute atomic E-state index is 9.27. The largest absolute Gasteiger partial charge is 0.496 e. The number of hydrogen-bond acceptors (Lipinski definition) is 5. The quantitative estimate of drug-likeness (QED) is 0.701. The molecular formula is C21H19N3O2.